The molecule has 1 aromatic carbocycles. The molecule has 0 aliphatic carbocycles. The lowest BCUT2D eigenvalue weighted by Crippen LogP contribution is -2.49. The van der Waals surface area contributed by atoms with E-state index < -0.39 is 0 Å². The van der Waals surface area contributed by atoms with Gasteiger partial charge in [-0.25, -0.2) is 9.97 Å². The molecule has 156 valence electrons. The van der Waals surface area contributed by atoms with Gasteiger partial charge in [0.2, 0.25) is 11.8 Å². The van der Waals surface area contributed by atoms with Gasteiger partial charge in [0.05, 0.1) is 17.8 Å². The summed E-state index contributed by atoms with van der Waals surface area (Å²) in [7, 11) is 0. The zero-order chi connectivity index (χ0) is 21.1. The molecule has 2 amide bonds. The Bertz CT molecular complexity index is 1050. The van der Waals surface area contributed by atoms with E-state index in [1.165, 1.54) is 6.92 Å². The number of hydrogen-bond donors (Lipinski definition) is 1. The van der Waals surface area contributed by atoms with Gasteiger partial charge in [-0.1, -0.05) is 28.1 Å². The number of piperazine rings is 1. The zero-order valence-corrected chi connectivity index (χ0v) is 18.9. The highest BCUT2D eigenvalue weighted by atomic mass is 79.9. The molecular weight excluding hydrogens is 466 g/mol. The van der Waals surface area contributed by atoms with E-state index in [2.05, 4.69) is 36.1 Å². The van der Waals surface area contributed by atoms with E-state index in [-0.39, 0.29) is 24.3 Å². The first-order valence-corrected chi connectivity index (χ1v) is 11.4. The average molecular weight is 488 g/mol. The summed E-state index contributed by atoms with van der Waals surface area (Å²) in [6, 6.07) is 9.39. The van der Waals surface area contributed by atoms with Gasteiger partial charge in [-0.15, -0.1) is 11.3 Å². The fraction of sp³-hybridized carbons (Fsp3) is 0.333. The highest BCUT2D eigenvalue weighted by Gasteiger charge is 2.26. The van der Waals surface area contributed by atoms with Gasteiger partial charge in [0.15, 0.2) is 0 Å². The van der Waals surface area contributed by atoms with Gasteiger partial charge in [-0.3, -0.25) is 9.59 Å². The van der Waals surface area contributed by atoms with E-state index >= 15 is 0 Å². The molecule has 3 heterocycles. The summed E-state index contributed by atoms with van der Waals surface area (Å²) in [5, 5.41) is 5.99. The first kappa shape index (κ1) is 20.7. The number of nitrogens with one attached hydrogen (secondary N) is 1. The molecule has 1 aliphatic heterocycles. The molecule has 0 saturated carbocycles. The predicted molar refractivity (Wildman–Crippen MR) is 122 cm³/mol. The van der Waals surface area contributed by atoms with Crippen LogP contribution in [0.5, 0.6) is 0 Å². The van der Waals surface area contributed by atoms with Crippen molar-refractivity contribution in [3.8, 4) is 0 Å². The molecule has 1 N–H and O–H groups in total. The van der Waals surface area contributed by atoms with Crippen LogP contribution in [0.25, 0.3) is 10.2 Å². The third kappa shape index (κ3) is 4.62. The summed E-state index contributed by atoms with van der Waals surface area (Å²) in [6.45, 7) is 4.17. The van der Waals surface area contributed by atoms with Crippen molar-refractivity contribution in [1.29, 1.82) is 0 Å². The minimum absolute atomic E-state index is 0.0414. The molecule has 0 radical (unpaired) electrons. The zero-order valence-electron chi connectivity index (χ0n) is 16.5. The molecule has 7 nitrogen and oxygen atoms in total. The van der Waals surface area contributed by atoms with Crippen molar-refractivity contribution >= 4 is 55.1 Å². The van der Waals surface area contributed by atoms with Crippen LogP contribution in [0.4, 0.5) is 5.82 Å². The van der Waals surface area contributed by atoms with Gasteiger partial charge in [-0.2, -0.15) is 0 Å². The summed E-state index contributed by atoms with van der Waals surface area (Å²) in [6.07, 6.45) is 1.84. The maximum atomic E-state index is 13.0. The molecule has 30 heavy (non-hydrogen) atoms. The van der Waals surface area contributed by atoms with Crippen molar-refractivity contribution in [3.63, 3.8) is 0 Å². The lowest BCUT2D eigenvalue weighted by molar-refractivity contribution is -0.132. The third-order valence-corrected chi connectivity index (χ3v) is 6.55. The van der Waals surface area contributed by atoms with Gasteiger partial charge in [0.25, 0.3) is 0 Å². The van der Waals surface area contributed by atoms with E-state index in [1.807, 2.05) is 40.6 Å². The highest BCUT2D eigenvalue weighted by Crippen LogP contribution is 2.28. The number of hydrogen-bond acceptors (Lipinski definition) is 6. The van der Waals surface area contributed by atoms with E-state index in [0.717, 1.165) is 39.2 Å². The summed E-state index contributed by atoms with van der Waals surface area (Å²) in [5.41, 5.74) is 0.918. The summed E-state index contributed by atoms with van der Waals surface area (Å²) in [5.74, 6) is 0.822. The monoisotopic (exact) mass is 487 g/mol. The minimum Gasteiger partial charge on any atom is -0.352 e. The number of fused-ring (bicyclic) bond motifs is 1. The number of anilines is 1. The van der Waals surface area contributed by atoms with Crippen LogP contribution < -0.4 is 10.2 Å². The maximum Gasteiger partial charge on any atom is 0.225 e. The molecule has 1 saturated heterocycles. The van der Waals surface area contributed by atoms with Crippen LogP contribution in [0.1, 0.15) is 24.9 Å². The van der Waals surface area contributed by atoms with Crippen molar-refractivity contribution in [2.45, 2.75) is 19.4 Å². The Morgan fingerprint density at radius 2 is 1.87 bits per heavy atom. The van der Waals surface area contributed by atoms with Crippen molar-refractivity contribution < 1.29 is 9.59 Å². The number of rotatable bonds is 5. The molecule has 2 aromatic heterocycles. The standard InChI is InChI=1S/C21H22BrN5O2S/c1-14(28)25-18(15-2-4-16(22)5-3-15)12-19(29)26-7-9-27(10-8-26)20-17-6-11-30-21(17)24-13-23-20/h2-6,11,13,18H,7-10,12H2,1H3,(H,25,28). The first-order valence-electron chi connectivity index (χ1n) is 9.75. The third-order valence-electron chi connectivity index (χ3n) is 5.20. The second-order valence-electron chi connectivity index (χ2n) is 7.21. The average Bonchev–Trinajstić information content (AvgIpc) is 3.22. The second-order valence-corrected chi connectivity index (χ2v) is 9.02. The Balaban J connectivity index is 1.41. The molecule has 1 atom stereocenters. The summed E-state index contributed by atoms with van der Waals surface area (Å²) >= 11 is 5.02. The summed E-state index contributed by atoms with van der Waals surface area (Å²) < 4.78 is 0.958. The van der Waals surface area contributed by atoms with Gasteiger partial charge in [0.1, 0.15) is 17.0 Å². The van der Waals surface area contributed by atoms with Gasteiger partial charge >= 0.3 is 0 Å². The Morgan fingerprint density at radius 1 is 1.13 bits per heavy atom. The molecular formula is C21H22BrN5O2S. The van der Waals surface area contributed by atoms with Crippen molar-refractivity contribution in [1.82, 2.24) is 20.2 Å². The largest absolute Gasteiger partial charge is 0.352 e. The number of thiophene rings is 1. The predicted octanol–water partition coefficient (Wildman–Crippen LogP) is 3.37. The van der Waals surface area contributed by atoms with E-state index in [4.69, 9.17) is 0 Å². The Morgan fingerprint density at radius 3 is 2.57 bits per heavy atom. The van der Waals surface area contributed by atoms with Crippen molar-refractivity contribution in [2.24, 2.45) is 0 Å². The number of benzene rings is 1. The van der Waals surface area contributed by atoms with Crippen LogP contribution in [-0.2, 0) is 9.59 Å². The smallest absolute Gasteiger partial charge is 0.225 e. The number of aromatic nitrogens is 2. The highest BCUT2D eigenvalue weighted by molar-refractivity contribution is 9.10. The number of nitrogens with zero attached hydrogens (tertiary/aromatic N) is 4. The normalized spacial score (nSPS) is 15.3. The summed E-state index contributed by atoms with van der Waals surface area (Å²) in [4.78, 5) is 38.5. The molecule has 1 aliphatic rings. The molecule has 9 heteroatoms. The Labute approximate surface area is 187 Å². The topological polar surface area (TPSA) is 78.4 Å². The SMILES string of the molecule is CC(=O)NC(CC(=O)N1CCN(c2ncnc3sccc23)CC1)c1ccc(Br)cc1. The van der Waals surface area contributed by atoms with Crippen molar-refractivity contribution in [3.05, 3.63) is 52.1 Å². The molecule has 3 aromatic rings. The van der Waals surface area contributed by atoms with Crippen LogP contribution in [0.15, 0.2) is 46.5 Å². The van der Waals surface area contributed by atoms with Crippen LogP contribution in [0.3, 0.4) is 0 Å². The van der Waals surface area contributed by atoms with E-state index in [9.17, 15) is 9.59 Å². The number of carbonyl (C=O) groups is 2. The Hall–Kier alpha value is -2.52. The molecule has 1 fully saturated rings. The van der Waals surface area contributed by atoms with E-state index in [1.54, 1.807) is 17.7 Å². The van der Waals surface area contributed by atoms with Gasteiger partial charge in [-0.05, 0) is 29.1 Å². The minimum atomic E-state index is -0.339. The lowest BCUT2D eigenvalue weighted by atomic mass is 10.0. The quantitative estimate of drug-likeness (QED) is 0.596. The number of amides is 2. The first-order chi connectivity index (χ1) is 14.5. The second kappa shape index (κ2) is 9.09. The van der Waals surface area contributed by atoms with Gasteiger partial charge < -0.3 is 15.1 Å². The van der Waals surface area contributed by atoms with Gasteiger partial charge in [0, 0.05) is 37.6 Å². The van der Waals surface area contributed by atoms with Crippen LogP contribution in [-0.4, -0.2) is 52.9 Å². The van der Waals surface area contributed by atoms with Crippen LogP contribution in [0.2, 0.25) is 0 Å². The molecule has 0 bridgehead atoms. The van der Waals surface area contributed by atoms with Crippen LogP contribution in [0, 0.1) is 0 Å². The van der Waals surface area contributed by atoms with Crippen molar-refractivity contribution in [2.75, 3.05) is 31.1 Å². The fourth-order valence-corrected chi connectivity index (χ4v) is 4.68. The fourth-order valence-electron chi connectivity index (χ4n) is 3.69. The van der Waals surface area contributed by atoms with Crippen LogP contribution >= 0.6 is 27.3 Å². The Kier molecular flexibility index (Phi) is 6.29. The molecule has 1 unspecified atom stereocenters. The maximum absolute atomic E-state index is 13.0. The number of halogens is 1. The molecule has 0 spiro atoms. The number of carbonyl (C=O) groups excluding carboxylic acids is 2. The lowest BCUT2D eigenvalue weighted by Gasteiger charge is -2.36. The van der Waals surface area contributed by atoms with E-state index in [0.29, 0.717) is 13.1 Å². The molecule has 4 rings (SSSR count).